The molecule has 0 saturated heterocycles. The average Bonchev–Trinajstić information content (AvgIpc) is 3.03. The lowest BCUT2D eigenvalue weighted by molar-refractivity contribution is -0.133. The second kappa shape index (κ2) is 6.90. The highest BCUT2D eigenvalue weighted by Gasteiger charge is 2.16. The molecule has 0 aliphatic heterocycles. The summed E-state index contributed by atoms with van der Waals surface area (Å²) in [4.78, 5) is 10.7. The molecule has 2 rings (SSSR count). The molecule has 2 heterocycles. The van der Waals surface area contributed by atoms with Crippen LogP contribution in [0.25, 0.3) is 0 Å². The fourth-order valence-electron chi connectivity index (χ4n) is 1.85. The summed E-state index contributed by atoms with van der Waals surface area (Å²) >= 11 is 2.91. The Morgan fingerprint density at radius 2 is 2.30 bits per heavy atom. The zero-order chi connectivity index (χ0) is 14.5. The van der Waals surface area contributed by atoms with Crippen LogP contribution in [-0.2, 0) is 17.8 Å². The Labute approximate surface area is 126 Å². The Morgan fingerprint density at radius 1 is 1.50 bits per heavy atom. The number of carboxylic acids is 1. The van der Waals surface area contributed by atoms with Gasteiger partial charge in [-0.15, -0.1) is 10.2 Å². The van der Waals surface area contributed by atoms with Gasteiger partial charge >= 0.3 is 5.97 Å². The van der Waals surface area contributed by atoms with E-state index in [0.29, 0.717) is 5.16 Å². The summed E-state index contributed by atoms with van der Waals surface area (Å²) in [5.74, 6) is 0.347. The second-order valence-corrected chi connectivity index (χ2v) is 6.43. The summed E-state index contributed by atoms with van der Waals surface area (Å²) in [7, 11) is 0. The Bertz CT molecular complexity index is 564. The normalized spacial score (nSPS) is 11.2. The van der Waals surface area contributed by atoms with Crippen LogP contribution in [-0.4, -0.2) is 31.6 Å². The van der Waals surface area contributed by atoms with Gasteiger partial charge in [-0.1, -0.05) is 25.6 Å². The molecule has 1 N–H and O–H groups in total. The molecule has 0 fully saturated rings. The number of thiophene rings is 1. The van der Waals surface area contributed by atoms with Crippen LogP contribution in [0, 0.1) is 0 Å². The molecule has 0 aromatic carbocycles. The third-order valence-electron chi connectivity index (χ3n) is 2.79. The number of carbonyl (C=O) groups is 1. The van der Waals surface area contributed by atoms with Crippen LogP contribution < -0.4 is 0 Å². The molecule has 20 heavy (non-hydrogen) atoms. The monoisotopic (exact) mass is 311 g/mol. The number of nitrogens with zero attached hydrogens (tertiary/aromatic N) is 3. The quantitative estimate of drug-likeness (QED) is 0.796. The largest absolute Gasteiger partial charge is 0.481 e. The van der Waals surface area contributed by atoms with Gasteiger partial charge in [0.25, 0.3) is 0 Å². The van der Waals surface area contributed by atoms with Crippen LogP contribution >= 0.6 is 23.1 Å². The van der Waals surface area contributed by atoms with E-state index >= 15 is 0 Å². The van der Waals surface area contributed by atoms with Crippen LogP contribution in [0.15, 0.2) is 22.0 Å². The van der Waals surface area contributed by atoms with Gasteiger partial charge in [0.1, 0.15) is 5.82 Å². The number of thioether (sulfide) groups is 1. The maximum Gasteiger partial charge on any atom is 0.313 e. The standard InChI is InChI=1S/C13H17N3O2S2/c1-9(2)12-14-15-13(20-8-11(17)18)16(12)5-3-10-4-6-19-7-10/h4,6-7,9H,3,5,8H2,1-2H3,(H,17,18). The minimum atomic E-state index is -0.839. The Hall–Kier alpha value is -1.34. The SMILES string of the molecule is CC(C)c1nnc(SCC(=O)O)n1CCc1ccsc1. The number of carboxylic acid groups (broad SMARTS) is 1. The third kappa shape index (κ3) is 3.83. The highest BCUT2D eigenvalue weighted by atomic mass is 32.2. The molecule has 0 radical (unpaired) electrons. The maximum absolute atomic E-state index is 10.7. The predicted molar refractivity (Wildman–Crippen MR) is 80.5 cm³/mol. The molecule has 0 amide bonds. The molecule has 0 spiro atoms. The average molecular weight is 311 g/mol. The summed E-state index contributed by atoms with van der Waals surface area (Å²) in [6.45, 7) is 4.91. The van der Waals surface area contributed by atoms with Gasteiger partial charge in [0.2, 0.25) is 0 Å². The fourth-order valence-corrected chi connectivity index (χ4v) is 3.24. The van der Waals surface area contributed by atoms with E-state index in [0.717, 1.165) is 18.8 Å². The molecule has 5 nitrogen and oxygen atoms in total. The van der Waals surface area contributed by atoms with Crippen molar-refractivity contribution in [1.82, 2.24) is 14.8 Å². The molecular formula is C13H17N3O2S2. The highest BCUT2D eigenvalue weighted by molar-refractivity contribution is 7.99. The number of rotatable bonds is 7. The van der Waals surface area contributed by atoms with Crippen molar-refractivity contribution in [2.24, 2.45) is 0 Å². The van der Waals surface area contributed by atoms with Gasteiger partial charge < -0.3 is 9.67 Å². The van der Waals surface area contributed by atoms with Crippen LogP contribution in [0.5, 0.6) is 0 Å². The lowest BCUT2D eigenvalue weighted by atomic mass is 10.2. The van der Waals surface area contributed by atoms with Crippen molar-refractivity contribution < 1.29 is 9.90 Å². The van der Waals surface area contributed by atoms with E-state index in [-0.39, 0.29) is 11.7 Å². The second-order valence-electron chi connectivity index (χ2n) is 4.71. The summed E-state index contributed by atoms with van der Waals surface area (Å²) < 4.78 is 2.04. The summed E-state index contributed by atoms with van der Waals surface area (Å²) in [5, 5.41) is 22.0. The molecule has 0 atom stereocenters. The van der Waals surface area contributed by atoms with Crippen molar-refractivity contribution in [2.75, 3.05) is 5.75 Å². The molecule has 2 aromatic rings. The van der Waals surface area contributed by atoms with Gasteiger partial charge in [0.15, 0.2) is 5.16 Å². The van der Waals surface area contributed by atoms with Crippen LogP contribution in [0.1, 0.15) is 31.2 Å². The first-order valence-electron chi connectivity index (χ1n) is 6.36. The Kier molecular flexibility index (Phi) is 5.19. The molecule has 2 aromatic heterocycles. The van der Waals surface area contributed by atoms with E-state index in [2.05, 4.69) is 40.9 Å². The molecule has 108 valence electrons. The predicted octanol–water partition coefficient (Wildman–Crippen LogP) is 2.88. The Morgan fingerprint density at radius 3 is 2.90 bits per heavy atom. The van der Waals surface area contributed by atoms with Gasteiger partial charge in [-0.2, -0.15) is 11.3 Å². The van der Waals surface area contributed by atoms with Gasteiger partial charge in [-0.25, -0.2) is 0 Å². The van der Waals surface area contributed by atoms with Crippen molar-refractivity contribution in [1.29, 1.82) is 0 Å². The smallest absolute Gasteiger partial charge is 0.313 e. The van der Waals surface area contributed by atoms with Gasteiger partial charge in [0.05, 0.1) is 5.75 Å². The van der Waals surface area contributed by atoms with Gasteiger partial charge in [-0.3, -0.25) is 4.79 Å². The maximum atomic E-state index is 10.7. The van der Waals surface area contributed by atoms with E-state index in [1.54, 1.807) is 11.3 Å². The highest BCUT2D eigenvalue weighted by Crippen LogP contribution is 2.22. The summed E-state index contributed by atoms with van der Waals surface area (Å²) in [6.07, 6.45) is 0.905. The summed E-state index contributed by atoms with van der Waals surface area (Å²) in [6, 6.07) is 2.11. The fraction of sp³-hybridized carbons (Fsp3) is 0.462. The first-order valence-corrected chi connectivity index (χ1v) is 8.29. The zero-order valence-corrected chi connectivity index (χ0v) is 13.1. The van der Waals surface area contributed by atoms with Crippen molar-refractivity contribution in [2.45, 2.75) is 37.9 Å². The molecular weight excluding hydrogens is 294 g/mol. The molecule has 0 saturated carbocycles. The first kappa shape index (κ1) is 15.1. The molecule has 0 aliphatic carbocycles. The molecule has 0 aliphatic rings. The molecule has 0 bridgehead atoms. The third-order valence-corrected chi connectivity index (χ3v) is 4.47. The van der Waals surface area contributed by atoms with E-state index in [1.807, 2.05) is 4.57 Å². The van der Waals surface area contributed by atoms with Crippen LogP contribution in [0.3, 0.4) is 0 Å². The topological polar surface area (TPSA) is 68.0 Å². The minimum absolute atomic E-state index is 0.00861. The van der Waals surface area contributed by atoms with Gasteiger partial charge in [0, 0.05) is 12.5 Å². The van der Waals surface area contributed by atoms with Crippen LogP contribution in [0.4, 0.5) is 0 Å². The van der Waals surface area contributed by atoms with Crippen molar-refractivity contribution in [3.05, 3.63) is 28.2 Å². The van der Waals surface area contributed by atoms with Crippen LogP contribution in [0.2, 0.25) is 0 Å². The van der Waals surface area contributed by atoms with Gasteiger partial charge in [-0.05, 0) is 28.8 Å². The summed E-state index contributed by atoms with van der Waals surface area (Å²) in [5.41, 5.74) is 1.28. The minimum Gasteiger partial charge on any atom is -0.481 e. The molecule has 7 heteroatoms. The lowest BCUT2D eigenvalue weighted by Gasteiger charge is -2.11. The van der Waals surface area contributed by atoms with Crippen molar-refractivity contribution in [3.8, 4) is 0 Å². The number of hydrogen-bond acceptors (Lipinski definition) is 5. The number of hydrogen-bond donors (Lipinski definition) is 1. The van der Waals surface area contributed by atoms with Crippen molar-refractivity contribution in [3.63, 3.8) is 0 Å². The lowest BCUT2D eigenvalue weighted by Crippen LogP contribution is -2.09. The van der Waals surface area contributed by atoms with Crippen molar-refractivity contribution >= 4 is 29.1 Å². The Balaban J connectivity index is 2.13. The number of aromatic nitrogens is 3. The van der Waals surface area contributed by atoms with E-state index < -0.39 is 5.97 Å². The van der Waals surface area contributed by atoms with E-state index in [4.69, 9.17) is 5.11 Å². The first-order chi connectivity index (χ1) is 9.58. The van der Waals surface area contributed by atoms with E-state index in [1.165, 1.54) is 17.3 Å². The number of aliphatic carboxylic acids is 1. The van der Waals surface area contributed by atoms with E-state index in [9.17, 15) is 4.79 Å². The number of aryl methyl sites for hydroxylation is 1. The zero-order valence-electron chi connectivity index (χ0n) is 11.4. The molecule has 0 unspecified atom stereocenters.